The molecule has 0 fully saturated rings. The van der Waals surface area contributed by atoms with Gasteiger partial charge in [0.25, 0.3) is 5.91 Å². The van der Waals surface area contributed by atoms with Gasteiger partial charge in [0.15, 0.2) is 0 Å². The number of rotatable bonds is 4. The zero-order valence-corrected chi connectivity index (χ0v) is 20.8. The van der Waals surface area contributed by atoms with Crippen molar-refractivity contribution in [3.8, 4) is 11.3 Å². The molecule has 0 saturated carbocycles. The minimum atomic E-state index is -0.130. The van der Waals surface area contributed by atoms with E-state index >= 15 is 0 Å². The Labute approximate surface area is 212 Å². The van der Waals surface area contributed by atoms with E-state index in [1.165, 1.54) is 0 Å². The van der Waals surface area contributed by atoms with Gasteiger partial charge in [-0.25, -0.2) is 9.50 Å². The maximum atomic E-state index is 12.8. The maximum Gasteiger partial charge on any atom is 0.256 e. The molecule has 5 aromatic rings. The minimum Gasteiger partial charge on any atom is -0.321 e. The molecule has 0 saturated heterocycles. The lowest BCUT2D eigenvalue weighted by Gasteiger charge is -2.03. The number of fused-ring (bicyclic) bond motifs is 2. The number of carbonyl (C=O) groups is 1. The van der Waals surface area contributed by atoms with Crippen LogP contribution in [0.5, 0.6) is 0 Å². The van der Waals surface area contributed by atoms with Crippen molar-refractivity contribution >= 4 is 67.1 Å². The van der Waals surface area contributed by atoms with Crippen LogP contribution in [0.15, 0.2) is 77.3 Å². The molecule has 0 atom stereocenters. The van der Waals surface area contributed by atoms with E-state index in [0.717, 1.165) is 48.2 Å². The molecule has 0 bridgehead atoms. The maximum absolute atomic E-state index is 12.8. The first-order chi connectivity index (χ1) is 16.5. The van der Waals surface area contributed by atoms with Gasteiger partial charge in [0.1, 0.15) is 5.01 Å². The van der Waals surface area contributed by atoms with Crippen molar-refractivity contribution in [3.05, 3.63) is 104 Å². The Morgan fingerprint density at radius 1 is 1.03 bits per heavy atom. The summed E-state index contributed by atoms with van der Waals surface area (Å²) in [5, 5.41) is 9.46. The van der Waals surface area contributed by atoms with Gasteiger partial charge < -0.3 is 5.32 Å². The second kappa shape index (κ2) is 8.51. The number of nitrogens with one attached hydrogen (secondary N) is 1. The fourth-order valence-corrected chi connectivity index (χ4v) is 5.35. The fraction of sp³-hybridized carbons (Fsp3) is 0.0385. The van der Waals surface area contributed by atoms with Crippen LogP contribution < -0.4 is 5.32 Å². The molecule has 0 aliphatic carbocycles. The second-order valence-corrected chi connectivity index (χ2v) is 10.3. The fourth-order valence-electron chi connectivity index (χ4n) is 4.02. The van der Waals surface area contributed by atoms with Gasteiger partial charge in [-0.2, -0.15) is 5.10 Å². The van der Waals surface area contributed by atoms with Crippen molar-refractivity contribution in [1.29, 1.82) is 0 Å². The summed E-state index contributed by atoms with van der Waals surface area (Å²) < 4.78 is 2.83. The SMILES string of the molecule is O=C1Nc2ccccc2C1=Cc1c(-c2ccc(Br)cc2)nc2sc(Cc3ccc(Cl)cc3)nn12. The van der Waals surface area contributed by atoms with E-state index < -0.39 is 0 Å². The van der Waals surface area contributed by atoms with Gasteiger partial charge in [-0.1, -0.05) is 81.3 Å². The molecule has 6 rings (SSSR count). The van der Waals surface area contributed by atoms with Crippen molar-refractivity contribution in [3.63, 3.8) is 0 Å². The third kappa shape index (κ3) is 3.86. The predicted molar refractivity (Wildman–Crippen MR) is 141 cm³/mol. The van der Waals surface area contributed by atoms with Crippen LogP contribution in [0.25, 0.3) is 27.9 Å². The number of anilines is 1. The van der Waals surface area contributed by atoms with Gasteiger partial charge in [0.05, 0.1) is 17.0 Å². The summed E-state index contributed by atoms with van der Waals surface area (Å²) in [5.74, 6) is -0.130. The highest BCUT2D eigenvalue weighted by Crippen LogP contribution is 2.36. The molecule has 0 unspecified atom stereocenters. The summed E-state index contributed by atoms with van der Waals surface area (Å²) in [6.45, 7) is 0. The lowest BCUT2D eigenvalue weighted by atomic mass is 10.0. The summed E-state index contributed by atoms with van der Waals surface area (Å²) in [6.07, 6.45) is 2.57. The van der Waals surface area contributed by atoms with Crippen molar-refractivity contribution in [1.82, 2.24) is 14.6 Å². The largest absolute Gasteiger partial charge is 0.321 e. The number of amides is 1. The van der Waals surface area contributed by atoms with Crippen LogP contribution in [0.4, 0.5) is 5.69 Å². The van der Waals surface area contributed by atoms with Crippen LogP contribution in [0.2, 0.25) is 5.02 Å². The van der Waals surface area contributed by atoms with Gasteiger partial charge in [0, 0.05) is 32.7 Å². The Balaban J connectivity index is 1.50. The van der Waals surface area contributed by atoms with Gasteiger partial charge in [0.2, 0.25) is 4.96 Å². The Bertz CT molecular complexity index is 1590. The monoisotopic (exact) mass is 546 g/mol. The first-order valence-corrected chi connectivity index (χ1v) is 12.6. The number of nitrogens with zero attached hydrogens (tertiary/aromatic N) is 3. The smallest absolute Gasteiger partial charge is 0.256 e. The summed E-state index contributed by atoms with van der Waals surface area (Å²) in [4.78, 5) is 18.5. The van der Waals surface area contributed by atoms with E-state index in [4.69, 9.17) is 21.7 Å². The van der Waals surface area contributed by atoms with E-state index in [-0.39, 0.29) is 5.91 Å². The summed E-state index contributed by atoms with van der Waals surface area (Å²) >= 11 is 11.1. The summed E-state index contributed by atoms with van der Waals surface area (Å²) in [5.41, 5.74) is 5.93. The third-order valence-corrected chi connectivity index (χ3v) is 7.35. The van der Waals surface area contributed by atoms with Crippen LogP contribution in [0.3, 0.4) is 0 Å². The van der Waals surface area contributed by atoms with Gasteiger partial charge in [-0.05, 0) is 42.0 Å². The molecule has 0 radical (unpaired) electrons. The van der Waals surface area contributed by atoms with Crippen molar-refractivity contribution < 1.29 is 4.79 Å². The predicted octanol–water partition coefficient (Wildman–Crippen LogP) is 6.96. The van der Waals surface area contributed by atoms with Crippen LogP contribution >= 0.6 is 38.9 Å². The molecule has 5 nitrogen and oxygen atoms in total. The van der Waals surface area contributed by atoms with Crippen molar-refractivity contribution in [2.24, 2.45) is 0 Å². The summed E-state index contributed by atoms with van der Waals surface area (Å²) in [7, 11) is 0. The quantitative estimate of drug-likeness (QED) is 0.248. The molecule has 1 aliphatic rings. The third-order valence-electron chi connectivity index (χ3n) is 5.66. The van der Waals surface area contributed by atoms with Crippen LogP contribution in [-0.2, 0) is 11.2 Å². The zero-order valence-electron chi connectivity index (χ0n) is 17.6. The van der Waals surface area contributed by atoms with Crippen LogP contribution in [0.1, 0.15) is 21.8 Å². The van der Waals surface area contributed by atoms with Gasteiger partial charge in [-0.15, -0.1) is 0 Å². The Kier molecular flexibility index (Phi) is 5.32. The van der Waals surface area contributed by atoms with E-state index in [1.807, 2.05) is 83.4 Å². The van der Waals surface area contributed by atoms with Crippen molar-refractivity contribution in [2.75, 3.05) is 5.32 Å². The van der Waals surface area contributed by atoms with E-state index in [9.17, 15) is 4.79 Å². The molecule has 1 N–H and O–H groups in total. The van der Waals surface area contributed by atoms with Crippen molar-refractivity contribution in [2.45, 2.75) is 6.42 Å². The van der Waals surface area contributed by atoms with Crippen LogP contribution in [-0.4, -0.2) is 20.5 Å². The molecule has 2 aromatic heterocycles. The highest BCUT2D eigenvalue weighted by molar-refractivity contribution is 9.10. The topological polar surface area (TPSA) is 59.3 Å². The van der Waals surface area contributed by atoms with Gasteiger partial charge in [-0.3, -0.25) is 4.79 Å². The standard InChI is InChI=1S/C26H16BrClN4OS/c27-17-9-7-16(8-10-17)24-22(14-20-19-3-1-2-4-21(19)29-25(20)33)32-26(30-24)34-23(31-32)13-15-5-11-18(28)12-6-15/h1-12,14H,13H2,(H,29,33). The number of imidazole rings is 1. The number of para-hydroxylation sites is 1. The molecule has 3 heterocycles. The van der Waals surface area contributed by atoms with Gasteiger partial charge >= 0.3 is 0 Å². The number of benzene rings is 3. The highest BCUT2D eigenvalue weighted by Gasteiger charge is 2.26. The normalized spacial score (nSPS) is 14.1. The van der Waals surface area contributed by atoms with E-state index in [0.29, 0.717) is 17.0 Å². The Morgan fingerprint density at radius 3 is 2.59 bits per heavy atom. The zero-order chi connectivity index (χ0) is 23.2. The minimum absolute atomic E-state index is 0.130. The number of hydrogen-bond acceptors (Lipinski definition) is 4. The lowest BCUT2D eigenvalue weighted by molar-refractivity contribution is -0.110. The Morgan fingerprint density at radius 2 is 1.79 bits per heavy atom. The first kappa shape index (κ1) is 21.3. The number of hydrogen-bond donors (Lipinski definition) is 1. The molecule has 34 heavy (non-hydrogen) atoms. The summed E-state index contributed by atoms with van der Waals surface area (Å²) in [6, 6.07) is 23.5. The lowest BCUT2D eigenvalue weighted by Crippen LogP contribution is -2.04. The Hall–Kier alpha value is -3.26. The average molecular weight is 548 g/mol. The first-order valence-electron chi connectivity index (χ1n) is 10.6. The van der Waals surface area contributed by atoms with Crippen LogP contribution in [0, 0.1) is 0 Å². The number of aromatic nitrogens is 3. The van der Waals surface area contributed by atoms with E-state index in [1.54, 1.807) is 11.3 Å². The highest BCUT2D eigenvalue weighted by atomic mass is 79.9. The number of carbonyl (C=O) groups excluding carboxylic acids is 1. The molecule has 8 heteroatoms. The molecule has 166 valence electrons. The molecule has 3 aromatic carbocycles. The second-order valence-electron chi connectivity index (χ2n) is 7.90. The molecule has 1 amide bonds. The molecule has 0 spiro atoms. The number of halogens is 2. The molecular weight excluding hydrogens is 532 g/mol. The van der Waals surface area contributed by atoms with E-state index in [2.05, 4.69) is 21.2 Å². The molecule has 1 aliphatic heterocycles. The average Bonchev–Trinajstić information content (AvgIpc) is 3.47. The molecular formula is C26H16BrClN4OS.